The second-order valence-corrected chi connectivity index (χ2v) is 14.7. The van der Waals surface area contributed by atoms with Crippen LogP contribution in [0.4, 0.5) is 0 Å². The third kappa shape index (κ3) is 4.54. The fourth-order valence-corrected chi connectivity index (χ4v) is 9.28. The van der Waals surface area contributed by atoms with E-state index in [0.29, 0.717) is 17.5 Å². The lowest BCUT2D eigenvalue weighted by atomic mass is 9.71. The van der Waals surface area contributed by atoms with Crippen molar-refractivity contribution < 1.29 is 4.42 Å². The van der Waals surface area contributed by atoms with Gasteiger partial charge in [-0.15, -0.1) is 0 Å². The molecule has 1 aliphatic carbocycles. The standard InChI is InChI=1S/C52H32N4O/c1-3-16-33(17-4-1)49-53-50(34-30-31-39-38-22-9-13-28-45(38)56(46(39)32-34)35-18-5-2-6-19-35)55-51(54-49)52(42-25-11-7-20-36(42)37-21-8-12-26-43(37)52)44-27-15-24-41-40-23-10-14-29-47(40)57-48(41)44/h1-32H. The quantitative estimate of drug-likeness (QED) is 0.177. The Labute approximate surface area is 328 Å². The highest BCUT2D eigenvalue weighted by molar-refractivity contribution is 6.10. The van der Waals surface area contributed by atoms with Crippen LogP contribution in [0.25, 0.3) is 83.3 Å². The number of hydrogen-bond donors (Lipinski definition) is 0. The molecule has 12 rings (SSSR count). The Morgan fingerprint density at radius 1 is 0.404 bits per heavy atom. The zero-order valence-electron chi connectivity index (χ0n) is 30.7. The van der Waals surface area contributed by atoms with Crippen molar-refractivity contribution >= 4 is 43.7 Å². The van der Waals surface area contributed by atoms with Crippen molar-refractivity contribution in [2.75, 3.05) is 0 Å². The molecule has 1 aliphatic rings. The fraction of sp³-hybridized carbons (Fsp3) is 0.0192. The molecule has 0 spiro atoms. The molecule has 0 radical (unpaired) electrons. The highest BCUT2D eigenvalue weighted by Crippen LogP contribution is 2.57. The van der Waals surface area contributed by atoms with Crippen molar-refractivity contribution in [3.8, 4) is 39.6 Å². The molecule has 3 aromatic heterocycles. The van der Waals surface area contributed by atoms with Crippen LogP contribution in [0.1, 0.15) is 22.5 Å². The van der Waals surface area contributed by atoms with Gasteiger partial charge in [-0.2, -0.15) is 0 Å². The normalized spacial score (nSPS) is 13.1. The summed E-state index contributed by atoms with van der Waals surface area (Å²) in [6, 6.07) is 68.1. The van der Waals surface area contributed by atoms with E-state index >= 15 is 0 Å². The Hall–Kier alpha value is -7.63. The number of furan rings is 1. The summed E-state index contributed by atoms with van der Waals surface area (Å²) in [4.78, 5) is 16.4. The van der Waals surface area contributed by atoms with Crippen molar-refractivity contribution in [2.45, 2.75) is 5.41 Å². The van der Waals surface area contributed by atoms with Crippen LogP contribution in [0.3, 0.4) is 0 Å². The minimum absolute atomic E-state index is 0.601. The van der Waals surface area contributed by atoms with Crippen LogP contribution in [0.15, 0.2) is 199 Å². The molecule has 0 saturated carbocycles. The number of fused-ring (bicyclic) bond motifs is 9. The molecule has 266 valence electrons. The van der Waals surface area contributed by atoms with Gasteiger partial charge < -0.3 is 8.98 Å². The fourth-order valence-electron chi connectivity index (χ4n) is 9.28. The molecule has 0 aliphatic heterocycles. The van der Waals surface area contributed by atoms with Gasteiger partial charge in [-0.05, 0) is 52.6 Å². The molecule has 5 heteroatoms. The van der Waals surface area contributed by atoms with Gasteiger partial charge in [0.05, 0.1) is 11.0 Å². The summed E-state index contributed by atoms with van der Waals surface area (Å²) < 4.78 is 9.20. The first kappa shape index (κ1) is 31.7. The zero-order valence-corrected chi connectivity index (χ0v) is 30.7. The molecule has 0 unspecified atom stereocenters. The van der Waals surface area contributed by atoms with Gasteiger partial charge in [0.2, 0.25) is 0 Å². The molecule has 5 nitrogen and oxygen atoms in total. The first-order valence-electron chi connectivity index (χ1n) is 19.3. The third-order valence-corrected chi connectivity index (χ3v) is 11.7. The Bertz CT molecular complexity index is 3320. The lowest BCUT2D eigenvalue weighted by molar-refractivity contribution is 0.634. The summed E-state index contributed by atoms with van der Waals surface area (Å²) in [6.45, 7) is 0. The average molecular weight is 729 g/mol. The summed E-state index contributed by atoms with van der Waals surface area (Å²) in [5, 5.41) is 4.50. The maximum Gasteiger partial charge on any atom is 0.163 e. The first-order valence-corrected chi connectivity index (χ1v) is 19.3. The highest BCUT2D eigenvalue weighted by atomic mass is 16.3. The van der Waals surface area contributed by atoms with Crippen LogP contribution in [-0.2, 0) is 5.41 Å². The molecule has 0 atom stereocenters. The van der Waals surface area contributed by atoms with E-state index in [1.54, 1.807) is 0 Å². The van der Waals surface area contributed by atoms with Gasteiger partial charge in [-0.1, -0.05) is 164 Å². The van der Waals surface area contributed by atoms with E-state index in [4.69, 9.17) is 19.4 Å². The van der Waals surface area contributed by atoms with E-state index in [1.807, 2.05) is 30.3 Å². The predicted octanol–water partition coefficient (Wildman–Crippen LogP) is 12.6. The molecule has 0 fully saturated rings. The largest absolute Gasteiger partial charge is 0.456 e. The number of benzene rings is 8. The first-order chi connectivity index (χ1) is 28.3. The van der Waals surface area contributed by atoms with E-state index < -0.39 is 5.41 Å². The zero-order chi connectivity index (χ0) is 37.5. The lowest BCUT2D eigenvalue weighted by Crippen LogP contribution is -2.32. The maximum atomic E-state index is 6.86. The molecule has 0 N–H and O–H groups in total. The Kier molecular flexibility index (Phi) is 6.78. The molecule has 57 heavy (non-hydrogen) atoms. The summed E-state index contributed by atoms with van der Waals surface area (Å²) in [6.07, 6.45) is 0. The minimum atomic E-state index is -0.940. The van der Waals surface area contributed by atoms with Gasteiger partial charge >= 0.3 is 0 Å². The second kappa shape index (κ2) is 12.2. The van der Waals surface area contributed by atoms with Crippen molar-refractivity contribution in [3.05, 3.63) is 217 Å². The predicted molar refractivity (Wildman–Crippen MR) is 230 cm³/mol. The SMILES string of the molecule is c1ccc(-c2nc(-c3ccc4c5ccccc5n(-c5ccccc5)c4c3)nc(C3(c4cccc5c4oc4ccccc45)c4ccccc4-c4ccccc43)n2)cc1. The molecule has 3 heterocycles. The molecule has 8 aromatic carbocycles. The van der Waals surface area contributed by atoms with Crippen molar-refractivity contribution in [1.29, 1.82) is 0 Å². The van der Waals surface area contributed by atoms with E-state index in [1.165, 1.54) is 10.8 Å². The van der Waals surface area contributed by atoms with Gasteiger partial charge in [0.25, 0.3) is 0 Å². The Morgan fingerprint density at radius 3 is 1.75 bits per heavy atom. The number of nitrogens with zero attached hydrogens (tertiary/aromatic N) is 4. The van der Waals surface area contributed by atoms with Crippen LogP contribution < -0.4 is 0 Å². The average Bonchev–Trinajstić information content (AvgIpc) is 3.93. The van der Waals surface area contributed by atoms with Crippen LogP contribution in [-0.4, -0.2) is 19.5 Å². The molecule has 0 saturated heterocycles. The minimum Gasteiger partial charge on any atom is -0.456 e. The van der Waals surface area contributed by atoms with Crippen molar-refractivity contribution in [1.82, 2.24) is 19.5 Å². The summed E-state index contributed by atoms with van der Waals surface area (Å²) in [5.74, 6) is 1.85. The maximum absolute atomic E-state index is 6.86. The molecular formula is C52H32N4O. The number of para-hydroxylation sites is 4. The monoisotopic (exact) mass is 728 g/mol. The second-order valence-electron chi connectivity index (χ2n) is 14.7. The highest BCUT2D eigenvalue weighted by Gasteiger charge is 2.50. The summed E-state index contributed by atoms with van der Waals surface area (Å²) in [7, 11) is 0. The van der Waals surface area contributed by atoms with Crippen LogP contribution >= 0.6 is 0 Å². The van der Waals surface area contributed by atoms with Gasteiger partial charge in [0.1, 0.15) is 16.6 Å². The van der Waals surface area contributed by atoms with Crippen LogP contribution in [0.5, 0.6) is 0 Å². The third-order valence-electron chi connectivity index (χ3n) is 11.7. The van der Waals surface area contributed by atoms with Gasteiger partial charge in [-0.3, -0.25) is 0 Å². The van der Waals surface area contributed by atoms with Gasteiger partial charge in [0, 0.05) is 43.9 Å². The molecule has 0 bridgehead atoms. The lowest BCUT2D eigenvalue weighted by Gasteiger charge is -2.32. The van der Waals surface area contributed by atoms with E-state index in [-0.39, 0.29) is 0 Å². The molecular weight excluding hydrogens is 697 g/mol. The van der Waals surface area contributed by atoms with E-state index in [2.05, 4.69) is 168 Å². The smallest absolute Gasteiger partial charge is 0.163 e. The number of hydrogen-bond acceptors (Lipinski definition) is 4. The number of aromatic nitrogens is 4. The van der Waals surface area contributed by atoms with Crippen LogP contribution in [0.2, 0.25) is 0 Å². The number of rotatable bonds is 5. The molecule has 11 aromatic rings. The summed E-state index contributed by atoms with van der Waals surface area (Å²) >= 11 is 0. The van der Waals surface area contributed by atoms with Gasteiger partial charge in [-0.25, -0.2) is 15.0 Å². The van der Waals surface area contributed by atoms with Crippen molar-refractivity contribution in [3.63, 3.8) is 0 Å². The van der Waals surface area contributed by atoms with E-state index in [0.717, 1.165) is 77.6 Å². The Balaban J connectivity index is 1.20. The molecule has 0 amide bonds. The van der Waals surface area contributed by atoms with Gasteiger partial charge in [0.15, 0.2) is 17.5 Å². The Morgan fingerprint density at radius 2 is 0.982 bits per heavy atom. The van der Waals surface area contributed by atoms with Crippen molar-refractivity contribution in [2.24, 2.45) is 0 Å². The topological polar surface area (TPSA) is 56.7 Å². The van der Waals surface area contributed by atoms with Crippen LogP contribution in [0, 0.1) is 0 Å². The van der Waals surface area contributed by atoms with E-state index in [9.17, 15) is 0 Å². The summed E-state index contributed by atoms with van der Waals surface area (Å²) in [5.41, 5.74) is 11.4.